The number of halogens is 1. The fraction of sp³-hybridized carbons (Fsp3) is 0.167. The number of nitrogens with one attached hydrogen (secondary N) is 2. The van der Waals surface area contributed by atoms with E-state index < -0.39 is 0 Å². The summed E-state index contributed by atoms with van der Waals surface area (Å²) in [5.41, 5.74) is 1.63. The van der Waals surface area contributed by atoms with Crippen LogP contribution in [-0.2, 0) is 4.79 Å². The van der Waals surface area contributed by atoms with Crippen LogP contribution in [0, 0.1) is 0 Å². The highest BCUT2D eigenvalue weighted by molar-refractivity contribution is 9.10. The molecule has 2 aromatic carbocycles. The van der Waals surface area contributed by atoms with Crippen molar-refractivity contribution in [3.8, 4) is 0 Å². The molecule has 3 aromatic rings. The Morgan fingerprint density at radius 1 is 1.17 bits per heavy atom. The van der Waals surface area contributed by atoms with Gasteiger partial charge >= 0.3 is 0 Å². The van der Waals surface area contributed by atoms with Crippen molar-refractivity contribution in [1.29, 1.82) is 0 Å². The molecule has 0 spiro atoms. The van der Waals surface area contributed by atoms with Crippen LogP contribution >= 0.6 is 15.9 Å². The number of furan rings is 1. The summed E-state index contributed by atoms with van der Waals surface area (Å²) in [6.45, 7) is 2.19. The second-order valence-corrected chi connectivity index (χ2v) is 6.26. The van der Waals surface area contributed by atoms with Gasteiger partial charge in [0, 0.05) is 15.5 Å². The van der Waals surface area contributed by atoms with Gasteiger partial charge in [-0.2, -0.15) is 0 Å². The SMILES string of the molecule is CC(NCC(=O)Nc1ccc(Br)cc1)c1cc2ccccc2o1. The molecular weight excluding hydrogens is 356 g/mol. The van der Waals surface area contributed by atoms with Gasteiger partial charge in [-0.3, -0.25) is 10.1 Å². The van der Waals surface area contributed by atoms with Crippen LogP contribution < -0.4 is 10.6 Å². The minimum Gasteiger partial charge on any atom is -0.459 e. The number of amides is 1. The minimum atomic E-state index is -0.0877. The first-order valence-corrected chi connectivity index (χ1v) is 8.18. The van der Waals surface area contributed by atoms with Crippen molar-refractivity contribution in [2.75, 3.05) is 11.9 Å². The Labute approximate surface area is 143 Å². The first kappa shape index (κ1) is 15.8. The quantitative estimate of drug-likeness (QED) is 0.693. The highest BCUT2D eigenvalue weighted by atomic mass is 79.9. The largest absolute Gasteiger partial charge is 0.459 e. The molecule has 1 atom stereocenters. The summed E-state index contributed by atoms with van der Waals surface area (Å²) in [4.78, 5) is 12.0. The average molecular weight is 373 g/mol. The standard InChI is InChI=1S/C18H17BrN2O2/c1-12(17-10-13-4-2-3-5-16(13)23-17)20-11-18(22)21-15-8-6-14(19)7-9-15/h2-10,12,20H,11H2,1H3,(H,21,22). The number of hydrogen-bond acceptors (Lipinski definition) is 3. The molecule has 23 heavy (non-hydrogen) atoms. The van der Waals surface area contributed by atoms with E-state index in [1.165, 1.54) is 0 Å². The molecule has 118 valence electrons. The van der Waals surface area contributed by atoms with Crippen molar-refractivity contribution in [3.05, 3.63) is 64.8 Å². The molecule has 1 amide bonds. The van der Waals surface area contributed by atoms with Gasteiger partial charge in [-0.25, -0.2) is 0 Å². The summed E-state index contributed by atoms with van der Waals surface area (Å²) in [5.74, 6) is 0.734. The molecule has 2 N–H and O–H groups in total. The lowest BCUT2D eigenvalue weighted by atomic mass is 10.2. The van der Waals surface area contributed by atoms with Crippen molar-refractivity contribution >= 4 is 38.5 Å². The van der Waals surface area contributed by atoms with E-state index in [1.807, 2.05) is 61.5 Å². The summed E-state index contributed by atoms with van der Waals surface area (Å²) in [6, 6.07) is 17.3. The van der Waals surface area contributed by atoms with E-state index in [0.717, 1.165) is 26.9 Å². The number of carbonyl (C=O) groups is 1. The predicted molar refractivity (Wildman–Crippen MR) is 95.4 cm³/mol. The van der Waals surface area contributed by atoms with Crippen LogP contribution in [0.4, 0.5) is 5.69 Å². The predicted octanol–water partition coefficient (Wildman–Crippen LogP) is 4.48. The Balaban J connectivity index is 1.56. The third kappa shape index (κ3) is 4.00. The van der Waals surface area contributed by atoms with Gasteiger partial charge in [0.15, 0.2) is 0 Å². The summed E-state index contributed by atoms with van der Waals surface area (Å²) in [7, 11) is 0. The van der Waals surface area contributed by atoms with Gasteiger partial charge in [0.25, 0.3) is 0 Å². The number of para-hydroxylation sites is 1. The van der Waals surface area contributed by atoms with Gasteiger partial charge in [-0.15, -0.1) is 0 Å². The van der Waals surface area contributed by atoms with Gasteiger partial charge in [0.1, 0.15) is 11.3 Å². The van der Waals surface area contributed by atoms with Gasteiger partial charge in [0.2, 0.25) is 5.91 Å². The van der Waals surface area contributed by atoms with Crippen LogP contribution in [-0.4, -0.2) is 12.5 Å². The monoisotopic (exact) mass is 372 g/mol. The van der Waals surface area contributed by atoms with Crippen LogP contribution in [0.2, 0.25) is 0 Å². The maximum Gasteiger partial charge on any atom is 0.238 e. The summed E-state index contributed by atoms with van der Waals surface area (Å²) >= 11 is 3.37. The molecule has 0 radical (unpaired) electrons. The second-order valence-electron chi connectivity index (χ2n) is 5.34. The molecule has 0 saturated carbocycles. The maximum absolute atomic E-state index is 12.0. The minimum absolute atomic E-state index is 0.0435. The smallest absolute Gasteiger partial charge is 0.238 e. The number of rotatable bonds is 5. The molecule has 0 fully saturated rings. The Morgan fingerprint density at radius 3 is 2.65 bits per heavy atom. The van der Waals surface area contributed by atoms with E-state index in [4.69, 9.17) is 4.42 Å². The number of hydrogen-bond donors (Lipinski definition) is 2. The van der Waals surface area contributed by atoms with Crippen LogP contribution in [0.25, 0.3) is 11.0 Å². The van der Waals surface area contributed by atoms with Gasteiger partial charge in [0.05, 0.1) is 12.6 Å². The Kier molecular flexibility index (Phi) is 4.79. The van der Waals surface area contributed by atoms with Crippen molar-refractivity contribution in [1.82, 2.24) is 5.32 Å². The molecule has 0 aliphatic carbocycles. The molecule has 4 nitrogen and oxygen atoms in total. The fourth-order valence-electron chi connectivity index (χ4n) is 2.30. The summed E-state index contributed by atoms with van der Waals surface area (Å²) in [6.07, 6.45) is 0. The van der Waals surface area contributed by atoms with Crippen LogP contribution in [0.3, 0.4) is 0 Å². The van der Waals surface area contributed by atoms with Crippen LogP contribution in [0.15, 0.2) is 63.5 Å². The Hall–Kier alpha value is -2.11. The highest BCUT2D eigenvalue weighted by Gasteiger charge is 2.12. The van der Waals surface area contributed by atoms with E-state index in [1.54, 1.807) is 0 Å². The zero-order chi connectivity index (χ0) is 16.2. The molecule has 0 bridgehead atoms. The molecule has 0 saturated heterocycles. The van der Waals surface area contributed by atoms with E-state index in [0.29, 0.717) is 0 Å². The molecule has 1 aromatic heterocycles. The average Bonchev–Trinajstić information content (AvgIpc) is 2.99. The van der Waals surface area contributed by atoms with E-state index in [2.05, 4.69) is 26.6 Å². The normalized spacial score (nSPS) is 12.3. The third-order valence-corrected chi connectivity index (χ3v) is 4.10. The lowest BCUT2D eigenvalue weighted by molar-refractivity contribution is -0.115. The Morgan fingerprint density at radius 2 is 1.91 bits per heavy atom. The number of fused-ring (bicyclic) bond motifs is 1. The lowest BCUT2D eigenvalue weighted by Crippen LogP contribution is -2.29. The first-order valence-electron chi connectivity index (χ1n) is 7.39. The number of carbonyl (C=O) groups excluding carboxylic acids is 1. The molecule has 1 heterocycles. The first-order chi connectivity index (χ1) is 11.1. The molecule has 0 aliphatic heterocycles. The van der Waals surface area contributed by atoms with Gasteiger partial charge in [-0.05, 0) is 43.3 Å². The zero-order valence-corrected chi connectivity index (χ0v) is 14.3. The van der Waals surface area contributed by atoms with E-state index in [9.17, 15) is 4.79 Å². The van der Waals surface area contributed by atoms with E-state index >= 15 is 0 Å². The van der Waals surface area contributed by atoms with Crippen LogP contribution in [0.1, 0.15) is 18.7 Å². The topological polar surface area (TPSA) is 54.3 Å². The summed E-state index contributed by atoms with van der Waals surface area (Å²) in [5, 5.41) is 7.09. The Bertz CT molecular complexity index is 778. The molecule has 3 rings (SSSR count). The van der Waals surface area contributed by atoms with Gasteiger partial charge < -0.3 is 9.73 Å². The zero-order valence-electron chi connectivity index (χ0n) is 12.7. The number of anilines is 1. The summed E-state index contributed by atoms with van der Waals surface area (Å²) < 4.78 is 6.77. The van der Waals surface area contributed by atoms with Crippen molar-refractivity contribution in [2.45, 2.75) is 13.0 Å². The maximum atomic E-state index is 12.0. The third-order valence-electron chi connectivity index (χ3n) is 3.57. The van der Waals surface area contributed by atoms with Gasteiger partial charge in [-0.1, -0.05) is 34.1 Å². The lowest BCUT2D eigenvalue weighted by Gasteiger charge is -2.11. The second kappa shape index (κ2) is 6.98. The fourth-order valence-corrected chi connectivity index (χ4v) is 2.56. The molecule has 1 unspecified atom stereocenters. The molecule has 0 aliphatic rings. The van der Waals surface area contributed by atoms with Crippen molar-refractivity contribution in [2.24, 2.45) is 0 Å². The van der Waals surface area contributed by atoms with E-state index in [-0.39, 0.29) is 18.5 Å². The van der Waals surface area contributed by atoms with Crippen molar-refractivity contribution < 1.29 is 9.21 Å². The molecule has 5 heteroatoms. The molecular formula is C18H17BrN2O2. The van der Waals surface area contributed by atoms with Crippen LogP contribution in [0.5, 0.6) is 0 Å². The number of benzene rings is 2. The van der Waals surface area contributed by atoms with Crippen molar-refractivity contribution in [3.63, 3.8) is 0 Å². The highest BCUT2D eigenvalue weighted by Crippen LogP contribution is 2.23.